The molecule has 128 valence electrons. The summed E-state index contributed by atoms with van der Waals surface area (Å²) in [5.41, 5.74) is 0.761. The summed E-state index contributed by atoms with van der Waals surface area (Å²) in [4.78, 5) is 38.0. The molecule has 0 aliphatic heterocycles. The molecule has 2 aliphatic carbocycles. The lowest BCUT2D eigenvalue weighted by atomic mass is 9.67. The van der Waals surface area contributed by atoms with E-state index >= 15 is 0 Å². The maximum Gasteiger partial charge on any atom is 0.309 e. The molecule has 24 heavy (non-hydrogen) atoms. The Morgan fingerprint density at radius 3 is 2.38 bits per heavy atom. The number of hydrogen-bond acceptors (Lipinski definition) is 4. The van der Waals surface area contributed by atoms with Gasteiger partial charge >= 0.3 is 5.97 Å². The van der Waals surface area contributed by atoms with Gasteiger partial charge in [0.2, 0.25) is 0 Å². The summed E-state index contributed by atoms with van der Waals surface area (Å²) < 4.78 is 5.24. The Morgan fingerprint density at radius 2 is 1.75 bits per heavy atom. The Labute approximate surface area is 142 Å². The van der Waals surface area contributed by atoms with Gasteiger partial charge in [-0.15, -0.1) is 0 Å². The number of benzene rings is 1. The second kappa shape index (κ2) is 7.16. The molecule has 0 spiro atoms. The van der Waals surface area contributed by atoms with Crippen LogP contribution in [0.5, 0.6) is 0 Å². The number of amides is 1. The van der Waals surface area contributed by atoms with Gasteiger partial charge in [-0.25, -0.2) is 0 Å². The number of rotatable bonds is 4. The molecule has 2 bridgehead atoms. The fourth-order valence-corrected chi connectivity index (χ4v) is 3.82. The molecule has 1 amide bonds. The number of nitrogens with zero attached hydrogens (tertiary/aromatic N) is 1. The molecule has 0 heterocycles. The van der Waals surface area contributed by atoms with Crippen molar-refractivity contribution in [2.75, 3.05) is 18.6 Å². The van der Waals surface area contributed by atoms with Crippen molar-refractivity contribution < 1.29 is 19.1 Å². The van der Waals surface area contributed by atoms with Gasteiger partial charge in [-0.1, -0.05) is 24.6 Å². The summed E-state index contributed by atoms with van der Waals surface area (Å²) >= 11 is 0. The first kappa shape index (κ1) is 16.7. The zero-order valence-electron chi connectivity index (χ0n) is 13.9. The Bertz CT molecular complexity index is 612. The van der Waals surface area contributed by atoms with Crippen molar-refractivity contribution in [1.29, 1.82) is 0 Å². The van der Waals surface area contributed by atoms with Crippen molar-refractivity contribution in [2.45, 2.75) is 32.1 Å². The number of carbonyl (C=O) groups excluding carboxylic acids is 3. The van der Waals surface area contributed by atoms with Crippen LogP contribution in [0, 0.1) is 17.8 Å². The van der Waals surface area contributed by atoms with Crippen molar-refractivity contribution in [3.63, 3.8) is 0 Å². The van der Waals surface area contributed by atoms with Crippen molar-refractivity contribution in [1.82, 2.24) is 0 Å². The lowest BCUT2D eigenvalue weighted by molar-refractivity contribution is -0.156. The molecular weight excluding hydrogens is 306 g/mol. The topological polar surface area (TPSA) is 63.7 Å². The molecule has 3 rings (SSSR count). The first-order valence-corrected chi connectivity index (χ1v) is 8.58. The molecule has 2 aliphatic rings. The Hall–Kier alpha value is -2.17. The fourth-order valence-electron chi connectivity index (χ4n) is 3.82. The van der Waals surface area contributed by atoms with Crippen LogP contribution in [0.4, 0.5) is 5.69 Å². The molecule has 5 heteroatoms. The molecule has 0 saturated heterocycles. The van der Waals surface area contributed by atoms with Crippen molar-refractivity contribution >= 4 is 23.3 Å². The van der Waals surface area contributed by atoms with Crippen LogP contribution in [0.3, 0.4) is 0 Å². The van der Waals surface area contributed by atoms with Crippen LogP contribution in [-0.2, 0) is 19.1 Å². The number of para-hydroxylation sites is 1. The van der Waals surface area contributed by atoms with Gasteiger partial charge < -0.3 is 9.64 Å². The molecule has 5 nitrogen and oxygen atoms in total. The highest BCUT2D eigenvalue weighted by molar-refractivity contribution is 5.95. The van der Waals surface area contributed by atoms with Crippen LogP contribution in [0.15, 0.2) is 30.3 Å². The molecular formula is C19H23NO4. The van der Waals surface area contributed by atoms with E-state index in [1.54, 1.807) is 7.05 Å². The summed E-state index contributed by atoms with van der Waals surface area (Å²) in [6, 6.07) is 9.23. The monoisotopic (exact) mass is 329 g/mol. The number of fused-ring (bicyclic) bond motifs is 2. The Balaban J connectivity index is 1.52. The van der Waals surface area contributed by atoms with E-state index in [-0.39, 0.29) is 36.2 Å². The molecule has 0 aromatic heterocycles. The van der Waals surface area contributed by atoms with E-state index in [1.807, 2.05) is 30.3 Å². The predicted octanol–water partition coefficient (Wildman–Crippen LogP) is 2.59. The summed E-state index contributed by atoms with van der Waals surface area (Å²) in [6.07, 6.45) is 4.00. The standard InChI is InChI=1S/C19H23NO4/c1-20(16-8-3-2-4-9-16)17(21)12-24-19(23)15-10-13-6-5-7-14(11-15)18(13)22/h2-4,8-9,13-15H,5-7,10-12H2,1H3. The normalized spacial score (nSPS) is 25.9. The maximum absolute atomic E-state index is 12.3. The van der Waals surface area contributed by atoms with Crippen LogP contribution in [-0.4, -0.2) is 31.3 Å². The molecule has 2 saturated carbocycles. The third-order valence-corrected chi connectivity index (χ3v) is 5.24. The number of carbonyl (C=O) groups is 3. The largest absolute Gasteiger partial charge is 0.455 e. The predicted molar refractivity (Wildman–Crippen MR) is 89.4 cm³/mol. The number of ether oxygens (including phenoxy) is 1. The smallest absolute Gasteiger partial charge is 0.309 e. The average Bonchev–Trinajstić information content (AvgIpc) is 2.59. The minimum Gasteiger partial charge on any atom is -0.455 e. The first-order valence-electron chi connectivity index (χ1n) is 8.58. The summed E-state index contributed by atoms with van der Waals surface area (Å²) in [6.45, 7) is -0.260. The highest BCUT2D eigenvalue weighted by Gasteiger charge is 2.41. The first-order chi connectivity index (χ1) is 11.6. The number of Topliss-reactive ketones (excluding diaryl/α,β-unsaturated/α-hetero) is 1. The lowest BCUT2D eigenvalue weighted by Crippen LogP contribution is -2.40. The number of esters is 1. The molecule has 1 aromatic carbocycles. The fraction of sp³-hybridized carbons (Fsp3) is 0.526. The van der Waals surface area contributed by atoms with E-state index in [9.17, 15) is 14.4 Å². The van der Waals surface area contributed by atoms with E-state index in [0.717, 1.165) is 24.9 Å². The van der Waals surface area contributed by atoms with Crippen molar-refractivity contribution in [3.8, 4) is 0 Å². The van der Waals surface area contributed by atoms with E-state index in [4.69, 9.17) is 4.74 Å². The van der Waals surface area contributed by atoms with E-state index < -0.39 is 0 Å². The molecule has 2 fully saturated rings. The number of anilines is 1. The Morgan fingerprint density at radius 1 is 1.12 bits per heavy atom. The molecule has 0 radical (unpaired) electrons. The van der Waals surface area contributed by atoms with Gasteiger partial charge in [-0.3, -0.25) is 14.4 Å². The average molecular weight is 329 g/mol. The second-order valence-corrected chi connectivity index (χ2v) is 6.79. The molecule has 2 unspecified atom stereocenters. The summed E-state index contributed by atoms with van der Waals surface area (Å²) in [5, 5.41) is 0. The summed E-state index contributed by atoms with van der Waals surface area (Å²) in [5.74, 6) is -0.496. The van der Waals surface area contributed by atoms with Crippen LogP contribution in [0.25, 0.3) is 0 Å². The van der Waals surface area contributed by atoms with E-state index in [2.05, 4.69) is 0 Å². The summed E-state index contributed by atoms with van der Waals surface area (Å²) in [7, 11) is 1.66. The Kier molecular flexibility index (Phi) is 4.97. The van der Waals surface area contributed by atoms with Crippen LogP contribution in [0.2, 0.25) is 0 Å². The van der Waals surface area contributed by atoms with Crippen LogP contribution >= 0.6 is 0 Å². The third-order valence-electron chi connectivity index (χ3n) is 5.24. The zero-order valence-corrected chi connectivity index (χ0v) is 13.9. The van der Waals surface area contributed by atoms with Crippen LogP contribution < -0.4 is 4.90 Å². The van der Waals surface area contributed by atoms with Crippen molar-refractivity contribution in [2.24, 2.45) is 17.8 Å². The highest BCUT2D eigenvalue weighted by atomic mass is 16.5. The second-order valence-electron chi connectivity index (χ2n) is 6.79. The van der Waals surface area contributed by atoms with Gasteiger partial charge in [-0.05, 0) is 37.8 Å². The van der Waals surface area contributed by atoms with Gasteiger partial charge in [0.05, 0.1) is 5.92 Å². The minimum atomic E-state index is -0.339. The number of hydrogen-bond donors (Lipinski definition) is 0. The SMILES string of the molecule is CN(C(=O)COC(=O)C1CC2CCCC(C1)C2=O)c1ccccc1. The minimum absolute atomic E-state index is 0.0118. The highest BCUT2D eigenvalue weighted by Crippen LogP contribution is 2.40. The van der Waals surface area contributed by atoms with Crippen LogP contribution in [0.1, 0.15) is 32.1 Å². The number of ketones is 1. The van der Waals surface area contributed by atoms with Crippen molar-refractivity contribution in [3.05, 3.63) is 30.3 Å². The molecule has 1 aromatic rings. The van der Waals surface area contributed by atoms with E-state index in [1.165, 1.54) is 4.90 Å². The van der Waals surface area contributed by atoms with Gasteiger partial charge in [0, 0.05) is 24.6 Å². The molecule has 2 atom stereocenters. The van der Waals surface area contributed by atoms with E-state index in [0.29, 0.717) is 18.6 Å². The lowest BCUT2D eigenvalue weighted by Gasteiger charge is -2.36. The maximum atomic E-state index is 12.3. The third kappa shape index (κ3) is 3.50. The molecule has 0 N–H and O–H groups in total. The van der Waals surface area contributed by atoms with Gasteiger partial charge in [0.25, 0.3) is 5.91 Å². The van der Waals surface area contributed by atoms with Gasteiger partial charge in [0.15, 0.2) is 6.61 Å². The zero-order chi connectivity index (χ0) is 17.1. The number of likely N-dealkylation sites (N-methyl/N-ethyl adjacent to an activating group) is 1. The quantitative estimate of drug-likeness (QED) is 0.797. The van der Waals surface area contributed by atoms with Gasteiger partial charge in [0.1, 0.15) is 5.78 Å². The van der Waals surface area contributed by atoms with Gasteiger partial charge in [-0.2, -0.15) is 0 Å².